The number of nitrogens with one attached hydrogen (secondary N) is 2. The van der Waals surface area contributed by atoms with Crippen molar-refractivity contribution >= 4 is 23.2 Å². The van der Waals surface area contributed by atoms with Crippen LogP contribution in [0.25, 0.3) is 0 Å². The van der Waals surface area contributed by atoms with Crippen LogP contribution in [0.5, 0.6) is 0 Å². The molecule has 3 atom stereocenters. The van der Waals surface area contributed by atoms with E-state index in [0.29, 0.717) is 6.42 Å². The molecule has 2 aliphatic rings. The van der Waals surface area contributed by atoms with Gasteiger partial charge in [-0.05, 0) is 30.5 Å². The minimum absolute atomic E-state index is 0.0165. The van der Waals surface area contributed by atoms with Crippen LogP contribution in [-0.2, 0) is 14.3 Å². The molecule has 3 unspecified atom stereocenters. The summed E-state index contributed by atoms with van der Waals surface area (Å²) in [6.07, 6.45) is 1.06. The molecule has 22 heavy (non-hydrogen) atoms. The van der Waals surface area contributed by atoms with E-state index in [2.05, 4.69) is 15.8 Å². The van der Waals surface area contributed by atoms with Crippen molar-refractivity contribution in [2.45, 2.75) is 25.9 Å². The fourth-order valence-corrected chi connectivity index (χ4v) is 2.75. The van der Waals surface area contributed by atoms with E-state index in [9.17, 15) is 9.59 Å². The van der Waals surface area contributed by atoms with Gasteiger partial charge in [0.25, 0.3) is 5.91 Å². The van der Waals surface area contributed by atoms with Crippen molar-refractivity contribution in [3.8, 4) is 0 Å². The molecule has 3 rings (SSSR count). The number of hydrogen-bond acceptors (Lipinski definition) is 4. The second kappa shape index (κ2) is 5.88. The van der Waals surface area contributed by atoms with Gasteiger partial charge in [0.15, 0.2) is 0 Å². The predicted octanol–water partition coefficient (Wildman–Crippen LogP) is 1.52. The Hall–Kier alpha value is -2.21. The third-order valence-corrected chi connectivity index (χ3v) is 4.16. The first-order valence-electron chi connectivity index (χ1n) is 7.45. The second-order valence-electron chi connectivity index (χ2n) is 5.62. The summed E-state index contributed by atoms with van der Waals surface area (Å²) in [6, 6.07) is 7.50. The van der Waals surface area contributed by atoms with Crippen LogP contribution >= 0.6 is 0 Å². The molecule has 1 fully saturated rings. The standard InChI is InChI=1S/C16H19N3O3/c1-3-13(22-2)16(21)17-10-6-4-9(5-7-10)14-11-8-12(11)15(20)19-18-14/h4-7,11-13H,3,8H2,1-2H3,(H,17,21)(H,19,20). The Morgan fingerprint density at radius 3 is 2.77 bits per heavy atom. The minimum Gasteiger partial charge on any atom is -0.372 e. The first kappa shape index (κ1) is 14.7. The fraction of sp³-hybridized carbons (Fsp3) is 0.438. The summed E-state index contributed by atoms with van der Waals surface area (Å²) < 4.78 is 5.11. The highest BCUT2D eigenvalue weighted by atomic mass is 16.5. The van der Waals surface area contributed by atoms with Crippen molar-refractivity contribution in [2.24, 2.45) is 16.9 Å². The Labute approximate surface area is 128 Å². The number of carbonyl (C=O) groups excluding carboxylic acids is 2. The van der Waals surface area contributed by atoms with Crippen LogP contribution in [0.15, 0.2) is 29.4 Å². The van der Waals surface area contributed by atoms with Crippen LogP contribution < -0.4 is 10.7 Å². The van der Waals surface area contributed by atoms with Gasteiger partial charge in [-0.15, -0.1) is 0 Å². The molecule has 6 nitrogen and oxygen atoms in total. The van der Waals surface area contributed by atoms with Crippen LogP contribution in [0, 0.1) is 11.8 Å². The zero-order valence-corrected chi connectivity index (χ0v) is 12.6. The first-order valence-corrected chi connectivity index (χ1v) is 7.45. The van der Waals surface area contributed by atoms with Crippen LogP contribution in [0.1, 0.15) is 25.3 Å². The van der Waals surface area contributed by atoms with Gasteiger partial charge in [0.05, 0.1) is 5.71 Å². The normalized spacial score (nSPS) is 23.9. The number of hydrazone groups is 1. The van der Waals surface area contributed by atoms with Crippen molar-refractivity contribution in [2.75, 3.05) is 12.4 Å². The van der Waals surface area contributed by atoms with Crippen molar-refractivity contribution in [1.29, 1.82) is 0 Å². The molecule has 1 aliphatic carbocycles. The number of ether oxygens (including phenoxy) is 1. The highest BCUT2D eigenvalue weighted by Gasteiger charge is 2.49. The van der Waals surface area contributed by atoms with Gasteiger partial charge < -0.3 is 10.1 Å². The number of anilines is 1. The molecular weight excluding hydrogens is 282 g/mol. The van der Waals surface area contributed by atoms with Gasteiger partial charge in [-0.2, -0.15) is 5.10 Å². The van der Waals surface area contributed by atoms with Gasteiger partial charge >= 0.3 is 0 Å². The topological polar surface area (TPSA) is 79.8 Å². The molecule has 2 amide bonds. The number of nitrogens with zero attached hydrogens (tertiary/aromatic N) is 1. The molecule has 0 bridgehead atoms. The van der Waals surface area contributed by atoms with Crippen molar-refractivity contribution in [1.82, 2.24) is 5.43 Å². The van der Waals surface area contributed by atoms with Crippen LogP contribution in [-0.4, -0.2) is 30.7 Å². The smallest absolute Gasteiger partial charge is 0.253 e. The molecule has 0 saturated heterocycles. The van der Waals surface area contributed by atoms with E-state index in [-0.39, 0.29) is 23.7 Å². The number of amides is 2. The molecule has 6 heteroatoms. The van der Waals surface area contributed by atoms with E-state index in [4.69, 9.17) is 4.74 Å². The Morgan fingerprint density at radius 1 is 1.41 bits per heavy atom. The van der Waals surface area contributed by atoms with E-state index in [1.807, 2.05) is 31.2 Å². The summed E-state index contributed by atoms with van der Waals surface area (Å²) in [6.45, 7) is 1.90. The average Bonchev–Trinajstić information content (AvgIpc) is 3.31. The number of benzene rings is 1. The third kappa shape index (κ3) is 2.74. The maximum atomic E-state index is 11.9. The summed E-state index contributed by atoms with van der Waals surface area (Å²) in [5.41, 5.74) is 5.18. The Bertz CT molecular complexity index is 620. The minimum atomic E-state index is -0.440. The molecule has 116 valence electrons. The average molecular weight is 301 g/mol. The number of hydrogen-bond donors (Lipinski definition) is 2. The Balaban J connectivity index is 1.69. The summed E-state index contributed by atoms with van der Waals surface area (Å²) in [4.78, 5) is 23.4. The zero-order chi connectivity index (χ0) is 15.7. The lowest BCUT2D eigenvalue weighted by Crippen LogP contribution is -2.29. The van der Waals surface area contributed by atoms with E-state index in [1.165, 1.54) is 7.11 Å². The highest BCUT2D eigenvalue weighted by molar-refractivity contribution is 6.09. The van der Waals surface area contributed by atoms with Crippen LogP contribution in [0.4, 0.5) is 5.69 Å². The zero-order valence-electron chi connectivity index (χ0n) is 12.6. The number of rotatable bonds is 5. The maximum Gasteiger partial charge on any atom is 0.253 e. The van der Waals surface area contributed by atoms with Crippen LogP contribution in [0.2, 0.25) is 0 Å². The van der Waals surface area contributed by atoms with Gasteiger partial charge in [0.1, 0.15) is 6.10 Å². The quantitative estimate of drug-likeness (QED) is 0.865. The monoisotopic (exact) mass is 301 g/mol. The Morgan fingerprint density at radius 2 is 2.14 bits per heavy atom. The largest absolute Gasteiger partial charge is 0.372 e. The third-order valence-electron chi connectivity index (χ3n) is 4.16. The molecule has 0 spiro atoms. The molecule has 0 radical (unpaired) electrons. The number of methoxy groups -OCH3 is 1. The molecular formula is C16H19N3O3. The van der Waals surface area contributed by atoms with Crippen LogP contribution in [0.3, 0.4) is 0 Å². The lowest BCUT2D eigenvalue weighted by atomic mass is 10.0. The lowest BCUT2D eigenvalue weighted by Gasteiger charge is -2.14. The van der Waals surface area contributed by atoms with Gasteiger partial charge in [-0.25, -0.2) is 5.43 Å². The lowest BCUT2D eigenvalue weighted by molar-refractivity contribution is -0.125. The Kier molecular flexibility index (Phi) is 3.94. The van der Waals surface area contributed by atoms with E-state index in [1.54, 1.807) is 0 Å². The molecule has 1 heterocycles. The molecule has 1 saturated carbocycles. The van der Waals surface area contributed by atoms with Gasteiger partial charge in [0.2, 0.25) is 5.91 Å². The van der Waals surface area contributed by atoms with Gasteiger partial charge in [0, 0.05) is 24.6 Å². The predicted molar refractivity (Wildman–Crippen MR) is 82.4 cm³/mol. The summed E-state index contributed by atoms with van der Waals surface area (Å²) in [7, 11) is 1.53. The SMILES string of the molecule is CCC(OC)C(=O)Nc1ccc(C2=NNC(=O)C3CC23)cc1. The van der Waals surface area contributed by atoms with Crippen molar-refractivity contribution < 1.29 is 14.3 Å². The first-order chi connectivity index (χ1) is 10.6. The maximum absolute atomic E-state index is 11.9. The van der Waals surface area contributed by atoms with Crippen molar-refractivity contribution in [3.63, 3.8) is 0 Å². The molecule has 0 aromatic heterocycles. The number of carbonyl (C=O) groups is 2. The van der Waals surface area contributed by atoms with Gasteiger partial charge in [-0.3, -0.25) is 9.59 Å². The van der Waals surface area contributed by atoms with Crippen molar-refractivity contribution in [3.05, 3.63) is 29.8 Å². The van der Waals surface area contributed by atoms with Gasteiger partial charge in [-0.1, -0.05) is 19.1 Å². The van der Waals surface area contributed by atoms with E-state index >= 15 is 0 Å². The fourth-order valence-electron chi connectivity index (χ4n) is 2.75. The summed E-state index contributed by atoms with van der Waals surface area (Å²) >= 11 is 0. The molecule has 1 aromatic carbocycles. The second-order valence-corrected chi connectivity index (χ2v) is 5.62. The van der Waals surface area contributed by atoms with E-state index in [0.717, 1.165) is 23.4 Å². The molecule has 1 aromatic rings. The molecule has 1 aliphatic heterocycles. The summed E-state index contributed by atoms with van der Waals surface area (Å²) in [5, 5.41) is 6.99. The van der Waals surface area contributed by atoms with E-state index < -0.39 is 6.10 Å². The highest BCUT2D eigenvalue weighted by Crippen LogP contribution is 2.43. The number of fused-ring (bicyclic) bond motifs is 1. The molecule has 2 N–H and O–H groups in total. The summed E-state index contributed by atoms with van der Waals surface area (Å²) in [5.74, 6) is 0.191.